The number of methoxy groups -OCH3 is 2. The van der Waals surface area contributed by atoms with Gasteiger partial charge in [-0.05, 0) is 47.9 Å². The predicted octanol–water partition coefficient (Wildman–Crippen LogP) is 2.97. The maximum atomic E-state index is 12.9. The maximum Gasteiger partial charge on any atom is 0.161 e. The number of aliphatic hydroxyl groups is 1. The third-order valence-corrected chi connectivity index (χ3v) is 3.75. The van der Waals surface area contributed by atoms with Crippen LogP contribution in [-0.2, 0) is 6.54 Å². The van der Waals surface area contributed by atoms with Gasteiger partial charge >= 0.3 is 0 Å². The van der Waals surface area contributed by atoms with Gasteiger partial charge in [-0.15, -0.1) is 0 Å². The summed E-state index contributed by atoms with van der Waals surface area (Å²) in [6.45, 7) is 2.96. The lowest BCUT2D eigenvalue weighted by Gasteiger charge is -2.15. The van der Waals surface area contributed by atoms with Gasteiger partial charge in [-0.1, -0.05) is 12.1 Å². The number of rotatable bonds is 7. The standard InChI is InChI=1S/C18H22FNO3/c1-12-8-17(22-2)18(23-3)9-14(12)10-20-11-16(21)13-4-6-15(19)7-5-13/h4-9,16,20-21H,10-11H2,1-3H3. The van der Waals surface area contributed by atoms with Crippen molar-refractivity contribution in [1.82, 2.24) is 5.32 Å². The number of aryl methyl sites for hydroxylation is 1. The molecule has 0 radical (unpaired) electrons. The molecule has 0 heterocycles. The molecule has 2 rings (SSSR count). The SMILES string of the molecule is COc1cc(C)c(CNCC(O)c2ccc(F)cc2)cc1OC. The van der Waals surface area contributed by atoms with Gasteiger partial charge in [-0.2, -0.15) is 0 Å². The Balaban J connectivity index is 1.97. The Kier molecular flexibility index (Phi) is 5.96. The summed E-state index contributed by atoms with van der Waals surface area (Å²) in [4.78, 5) is 0. The van der Waals surface area contributed by atoms with Crippen LogP contribution in [0.5, 0.6) is 11.5 Å². The van der Waals surface area contributed by atoms with Crippen LogP contribution >= 0.6 is 0 Å². The molecule has 2 N–H and O–H groups in total. The Labute approximate surface area is 135 Å². The van der Waals surface area contributed by atoms with Gasteiger partial charge in [-0.25, -0.2) is 4.39 Å². The number of nitrogens with one attached hydrogen (secondary N) is 1. The van der Waals surface area contributed by atoms with E-state index >= 15 is 0 Å². The van der Waals surface area contributed by atoms with Crippen LogP contribution in [0.25, 0.3) is 0 Å². The fourth-order valence-corrected chi connectivity index (χ4v) is 2.36. The van der Waals surface area contributed by atoms with E-state index in [1.54, 1.807) is 26.4 Å². The Morgan fingerprint density at radius 2 is 1.70 bits per heavy atom. The summed E-state index contributed by atoms with van der Waals surface area (Å²) in [5, 5.41) is 13.3. The van der Waals surface area contributed by atoms with Crippen molar-refractivity contribution in [3.05, 3.63) is 58.9 Å². The van der Waals surface area contributed by atoms with Crippen LogP contribution in [-0.4, -0.2) is 25.9 Å². The van der Waals surface area contributed by atoms with Crippen molar-refractivity contribution in [2.75, 3.05) is 20.8 Å². The summed E-state index contributed by atoms with van der Waals surface area (Å²) in [5.74, 6) is 1.06. The van der Waals surface area contributed by atoms with Crippen molar-refractivity contribution >= 4 is 0 Å². The van der Waals surface area contributed by atoms with E-state index in [0.717, 1.165) is 11.1 Å². The van der Waals surface area contributed by atoms with E-state index in [1.807, 2.05) is 19.1 Å². The van der Waals surface area contributed by atoms with E-state index in [4.69, 9.17) is 9.47 Å². The lowest BCUT2D eigenvalue weighted by atomic mass is 10.1. The van der Waals surface area contributed by atoms with Crippen molar-refractivity contribution in [2.24, 2.45) is 0 Å². The lowest BCUT2D eigenvalue weighted by molar-refractivity contribution is 0.174. The predicted molar refractivity (Wildman–Crippen MR) is 87.3 cm³/mol. The molecule has 0 bridgehead atoms. The first-order valence-electron chi connectivity index (χ1n) is 7.41. The van der Waals surface area contributed by atoms with E-state index in [0.29, 0.717) is 30.2 Å². The molecule has 2 aromatic carbocycles. The minimum Gasteiger partial charge on any atom is -0.493 e. The Bertz CT molecular complexity index is 643. The van der Waals surface area contributed by atoms with Crippen LogP contribution in [0.15, 0.2) is 36.4 Å². The van der Waals surface area contributed by atoms with Gasteiger partial charge in [0.2, 0.25) is 0 Å². The Hall–Kier alpha value is -2.11. The zero-order valence-electron chi connectivity index (χ0n) is 13.6. The fraction of sp³-hybridized carbons (Fsp3) is 0.333. The van der Waals surface area contributed by atoms with Crippen LogP contribution in [0.2, 0.25) is 0 Å². The smallest absolute Gasteiger partial charge is 0.161 e. The summed E-state index contributed by atoms with van der Waals surface area (Å²) in [6.07, 6.45) is -0.684. The van der Waals surface area contributed by atoms with Crippen LogP contribution < -0.4 is 14.8 Å². The van der Waals surface area contributed by atoms with Crippen LogP contribution in [0.1, 0.15) is 22.8 Å². The first-order valence-corrected chi connectivity index (χ1v) is 7.41. The first-order chi connectivity index (χ1) is 11.0. The largest absolute Gasteiger partial charge is 0.493 e. The van der Waals surface area contributed by atoms with Crippen LogP contribution in [0.3, 0.4) is 0 Å². The summed E-state index contributed by atoms with van der Waals surface area (Å²) in [7, 11) is 3.21. The van der Waals surface area contributed by atoms with Gasteiger partial charge in [0, 0.05) is 13.1 Å². The molecular weight excluding hydrogens is 297 g/mol. The maximum absolute atomic E-state index is 12.9. The minimum atomic E-state index is -0.684. The summed E-state index contributed by atoms with van der Waals surface area (Å²) >= 11 is 0. The highest BCUT2D eigenvalue weighted by Gasteiger charge is 2.10. The first kappa shape index (κ1) is 17.2. The van der Waals surface area contributed by atoms with Gasteiger partial charge in [0.25, 0.3) is 0 Å². The molecule has 0 aromatic heterocycles. The number of hydrogen-bond donors (Lipinski definition) is 2. The van der Waals surface area contributed by atoms with E-state index in [1.165, 1.54) is 12.1 Å². The molecule has 1 unspecified atom stereocenters. The van der Waals surface area contributed by atoms with E-state index in [-0.39, 0.29) is 5.82 Å². The third-order valence-electron chi connectivity index (χ3n) is 3.75. The highest BCUT2D eigenvalue weighted by atomic mass is 19.1. The lowest BCUT2D eigenvalue weighted by Crippen LogP contribution is -2.21. The molecule has 1 atom stereocenters. The molecule has 124 valence electrons. The number of ether oxygens (including phenoxy) is 2. The summed E-state index contributed by atoms with van der Waals surface area (Å²) in [6, 6.07) is 9.71. The molecule has 4 nitrogen and oxygen atoms in total. The highest BCUT2D eigenvalue weighted by molar-refractivity contribution is 5.47. The molecule has 2 aromatic rings. The van der Waals surface area contributed by atoms with Gasteiger partial charge in [-0.3, -0.25) is 0 Å². The molecule has 0 fully saturated rings. The zero-order chi connectivity index (χ0) is 16.8. The Morgan fingerprint density at radius 1 is 1.09 bits per heavy atom. The van der Waals surface area contributed by atoms with Crippen molar-refractivity contribution in [1.29, 1.82) is 0 Å². The van der Waals surface area contributed by atoms with Gasteiger partial charge in [0.05, 0.1) is 20.3 Å². The van der Waals surface area contributed by atoms with E-state index < -0.39 is 6.10 Å². The summed E-state index contributed by atoms with van der Waals surface area (Å²) < 4.78 is 23.5. The molecule has 23 heavy (non-hydrogen) atoms. The molecule has 0 aliphatic carbocycles. The molecule has 5 heteroatoms. The van der Waals surface area contributed by atoms with Crippen LogP contribution in [0, 0.1) is 12.7 Å². The second kappa shape index (κ2) is 7.94. The van der Waals surface area contributed by atoms with Gasteiger partial charge in [0.1, 0.15) is 5.82 Å². The number of hydrogen-bond acceptors (Lipinski definition) is 4. The number of halogens is 1. The van der Waals surface area contributed by atoms with E-state index in [9.17, 15) is 9.50 Å². The fourth-order valence-electron chi connectivity index (χ4n) is 2.36. The van der Waals surface area contributed by atoms with Gasteiger partial charge in [0.15, 0.2) is 11.5 Å². The average molecular weight is 319 g/mol. The summed E-state index contributed by atoms with van der Waals surface area (Å²) in [5.41, 5.74) is 2.82. The Morgan fingerprint density at radius 3 is 2.30 bits per heavy atom. The zero-order valence-corrected chi connectivity index (χ0v) is 13.6. The second-order valence-electron chi connectivity index (χ2n) is 5.33. The van der Waals surface area contributed by atoms with Crippen molar-refractivity contribution < 1.29 is 19.0 Å². The molecule has 0 amide bonds. The van der Waals surface area contributed by atoms with Crippen molar-refractivity contribution in [3.8, 4) is 11.5 Å². The molecular formula is C18H22FNO3. The third kappa shape index (κ3) is 4.43. The topological polar surface area (TPSA) is 50.7 Å². The van der Waals surface area contributed by atoms with E-state index in [2.05, 4.69) is 5.32 Å². The number of benzene rings is 2. The molecule has 0 saturated heterocycles. The highest BCUT2D eigenvalue weighted by Crippen LogP contribution is 2.30. The average Bonchev–Trinajstić information content (AvgIpc) is 2.56. The molecule has 0 saturated carbocycles. The quantitative estimate of drug-likeness (QED) is 0.824. The molecule has 0 aliphatic heterocycles. The minimum absolute atomic E-state index is 0.310. The molecule has 0 aliphatic rings. The monoisotopic (exact) mass is 319 g/mol. The second-order valence-corrected chi connectivity index (χ2v) is 5.33. The molecule has 0 spiro atoms. The van der Waals surface area contributed by atoms with Gasteiger partial charge < -0.3 is 19.9 Å². The van der Waals surface area contributed by atoms with Crippen molar-refractivity contribution in [2.45, 2.75) is 19.6 Å². The normalized spacial score (nSPS) is 12.0. The van der Waals surface area contributed by atoms with Crippen molar-refractivity contribution in [3.63, 3.8) is 0 Å². The van der Waals surface area contributed by atoms with Crippen LogP contribution in [0.4, 0.5) is 4.39 Å². The number of aliphatic hydroxyl groups excluding tert-OH is 1.